The van der Waals surface area contributed by atoms with Crippen LogP contribution < -0.4 is 5.32 Å². The van der Waals surface area contributed by atoms with Gasteiger partial charge in [0, 0.05) is 10.9 Å². The van der Waals surface area contributed by atoms with Crippen molar-refractivity contribution in [2.24, 2.45) is 0 Å². The molecule has 0 aliphatic heterocycles. The van der Waals surface area contributed by atoms with Gasteiger partial charge in [-0.05, 0) is 56.9 Å². The number of amides is 1. The van der Waals surface area contributed by atoms with Gasteiger partial charge in [-0.1, -0.05) is 22.0 Å². The summed E-state index contributed by atoms with van der Waals surface area (Å²) in [5, 5.41) is 2.75. The Morgan fingerprint density at radius 1 is 1.26 bits per heavy atom. The summed E-state index contributed by atoms with van der Waals surface area (Å²) in [6.07, 6.45) is 0.940. The van der Waals surface area contributed by atoms with E-state index in [1.807, 2.05) is 18.2 Å². The van der Waals surface area contributed by atoms with E-state index >= 15 is 0 Å². The molecule has 0 spiro atoms. The Hall–Kier alpha value is -1.56. The molecule has 1 aliphatic rings. The zero-order valence-corrected chi connectivity index (χ0v) is 15.5. The number of benzene rings is 1. The van der Waals surface area contributed by atoms with Crippen LogP contribution in [-0.4, -0.2) is 30.3 Å². The van der Waals surface area contributed by atoms with E-state index in [9.17, 15) is 9.59 Å². The topological polar surface area (TPSA) is 64.6 Å². The van der Waals surface area contributed by atoms with E-state index in [2.05, 4.69) is 21.2 Å². The average Bonchev–Trinajstić information content (AvgIpc) is 2.43. The minimum atomic E-state index is -1.09. The minimum Gasteiger partial charge on any atom is -0.467 e. The molecule has 1 atom stereocenters. The summed E-state index contributed by atoms with van der Waals surface area (Å²) < 4.78 is 11.2. The molecule has 0 aromatic heterocycles. The largest absolute Gasteiger partial charge is 0.467 e. The lowest BCUT2D eigenvalue weighted by atomic mass is 9.78. The Morgan fingerprint density at radius 3 is 2.57 bits per heavy atom. The van der Waals surface area contributed by atoms with E-state index in [4.69, 9.17) is 9.47 Å². The number of halogens is 1. The third kappa shape index (κ3) is 4.25. The zero-order chi connectivity index (χ0) is 17.3. The number of aryl methyl sites for hydroxylation is 1. The predicted octanol–water partition coefficient (Wildman–Crippen LogP) is 3.37. The number of alkyl carbamates (subject to hydrolysis) is 1. The number of hydrogen-bond donors (Lipinski definition) is 1. The number of nitrogens with one attached hydrogen (secondary N) is 1. The van der Waals surface area contributed by atoms with Crippen LogP contribution in [0.1, 0.15) is 38.3 Å². The molecule has 23 heavy (non-hydrogen) atoms. The maximum absolute atomic E-state index is 12.4. The Kier molecular flexibility index (Phi) is 5.04. The van der Waals surface area contributed by atoms with Crippen molar-refractivity contribution in [3.8, 4) is 0 Å². The molecule has 1 N–H and O–H groups in total. The van der Waals surface area contributed by atoms with Crippen molar-refractivity contribution in [3.05, 3.63) is 33.8 Å². The molecule has 2 rings (SSSR count). The number of rotatable bonds is 2. The first-order valence-corrected chi connectivity index (χ1v) is 8.31. The maximum atomic E-state index is 12.4. The predicted molar refractivity (Wildman–Crippen MR) is 90.3 cm³/mol. The van der Waals surface area contributed by atoms with Gasteiger partial charge >= 0.3 is 12.1 Å². The van der Waals surface area contributed by atoms with Gasteiger partial charge in [0.2, 0.25) is 0 Å². The van der Waals surface area contributed by atoms with Gasteiger partial charge in [-0.25, -0.2) is 9.59 Å². The van der Waals surface area contributed by atoms with Crippen LogP contribution in [0, 0.1) is 0 Å². The summed E-state index contributed by atoms with van der Waals surface area (Å²) in [5.74, 6) is -0.450. The van der Waals surface area contributed by atoms with Crippen LogP contribution in [0.15, 0.2) is 22.7 Å². The number of ether oxygens (including phenoxy) is 2. The highest BCUT2D eigenvalue weighted by Gasteiger charge is 2.44. The smallest absolute Gasteiger partial charge is 0.408 e. The molecule has 0 saturated carbocycles. The third-order valence-electron chi connectivity index (χ3n) is 3.80. The average molecular weight is 384 g/mol. The molecule has 0 fully saturated rings. The van der Waals surface area contributed by atoms with Crippen molar-refractivity contribution >= 4 is 28.0 Å². The number of carbonyl (C=O) groups excluding carboxylic acids is 2. The fourth-order valence-electron chi connectivity index (χ4n) is 2.79. The van der Waals surface area contributed by atoms with Gasteiger partial charge in [-0.2, -0.15) is 0 Å². The summed E-state index contributed by atoms with van der Waals surface area (Å²) in [5.41, 5.74) is 0.479. The van der Waals surface area contributed by atoms with E-state index in [-0.39, 0.29) is 0 Å². The Morgan fingerprint density at radius 2 is 1.96 bits per heavy atom. The molecule has 6 heteroatoms. The van der Waals surface area contributed by atoms with Crippen molar-refractivity contribution in [2.45, 2.75) is 51.2 Å². The normalized spacial score (nSPS) is 20.4. The molecule has 5 nitrogen and oxygen atoms in total. The van der Waals surface area contributed by atoms with Gasteiger partial charge in [0.15, 0.2) is 0 Å². The van der Waals surface area contributed by atoms with Gasteiger partial charge in [-0.3, -0.25) is 0 Å². The monoisotopic (exact) mass is 383 g/mol. The standard InChI is InChI=1S/C17H22BrNO4/c1-16(2,3)23-15(21)19-17(14(20)22-4)8-7-11-5-6-13(18)9-12(11)10-17/h5-6,9H,7-8,10H2,1-4H3,(H,19,21). The molecule has 1 aromatic rings. The summed E-state index contributed by atoms with van der Waals surface area (Å²) in [6.45, 7) is 5.35. The van der Waals surface area contributed by atoms with Crippen molar-refractivity contribution in [1.29, 1.82) is 0 Å². The van der Waals surface area contributed by atoms with Crippen LogP contribution in [-0.2, 0) is 27.1 Å². The highest BCUT2D eigenvalue weighted by Crippen LogP contribution is 2.32. The third-order valence-corrected chi connectivity index (χ3v) is 4.29. The summed E-state index contributed by atoms with van der Waals surface area (Å²) >= 11 is 3.44. The first-order valence-electron chi connectivity index (χ1n) is 7.52. The number of fused-ring (bicyclic) bond motifs is 1. The Balaban J connectivity index is 2.28. The fraction of sp³-hybridized carbons (Fsp3) is 0.529. The molecule has 1 unspecified atom stereocenters. The van der Waals surface area contributed by atoms with Gasteiger partial charge in [0.1, 0.15) is 11.1 Å². The summed E-state index contributed by atoms with van der Waals surface area (Å²) in [6, 6.07) is 5.99. The number of methoxy groups -OCH3 is 1. The summed E-state index contributed by atoms with van der Waals surface area (Å²) in [4.78, 5) is 24.6. The van der Waals surface area contributed by atoms with Crippen molar-refractivity contribution in [1.82, 2.24) is 5.32 Å². The van der Waals surface area contributed by atoms with Crippen LogP contribution in [0.3, 0.4) is 0 Å². The van der Waals surface area contributed by atoms with E-state index in [0.29, 0.717) is 19.3 Å². The Bertz CT molecular complexity index is 624. The van der Waals surface area contributed by atoms with Gasteiger partial charge in [-0.15, -0.1) is 0 Å². The zero-order valence-electron chi connectivity index (χ0n) is 13.9. The highest BCUT2D eigenvalue weighted by molar-refractivity contribution is 9.10. The SMILES string of the molecule is COC(=O)C1(NC(=O)OC(C)(C)C)CCc2ccc(Br)cc2C1. The molecule has 0 heterocycles. The van der Waals surface area contributed by atoms with Gasteiger partial charge in [0.05, 0.1) is 7.11 Å². The second-order valence-corrected chi connectivity index (χ2v) is 7.71. The lowest BCUT2D eigenvalue weighted by Gasteiger charge is -2.36. The molecule has 0 bridgehead atoms. The van der Waals surface area contributed by atoms with Crippen molar-refractivity contribution < 1.29 is 19.1 Å². The lowest BCUT2D eigenvalue weighted by molar-refractivity contribution is -0.149. The van der Waals surface area contributed by atoms with Gasteiger partial charge in [0.25, 0.3) is 0 Å². The second kappa shape index (κ2) is 6.51. The van der Waals surface area contributed by atoms with Crippen LogP contribution >= 0.6 is 15.9 Å². The van der Waals surface area contributed by atoms with E-state index in [1.54, 1.807) is 20.8 Å². The van der Waals surface area contributed by atoms with Crippen molar-refractivity contribution in [3.63, 3.8) is 0 Å². The lowest BCUT2D eigenvalue weighted by Crippen LogP contribution is -2.59. The number of hydrogen-bond acceptors (Lipinski definition) is 4. The van der Waals surface area contributed by atoms with Crippen LogP contribution in [0.5, 0.6) is 0 Å². The van der Waals surface area contributed by atoms with Crippen molar-refractivity contribution in [2.75, 3.05) is 7.11 Å². The highest BCUT2D eigenvalue weighted by atomic mass is 79.9. The molecule has 0 saturated heterocycles. The number of esters is 1. The van der Waals surface area contributed by atoms with Crippen LogP contribution in [0.2, 0.25) is 0 Å². The molecule has 1 aliphatic carbocycles. The first-order chi connectivity index (χ1) is 10.6. The van der Waals surface area contributed by atoms with E-state index < -0.39 is 23.2 Å². The van der Waals surface area contributed by atoms with E-state index in [0.717, 1.165) is 10.0 Å². The Labute approximate surface area is 144 Å². The minimum absolute atomic E-state index is 0.383. The number of carbonyl (C=O) groups is 2. The quantitative estimate of drug-likeness (QED) is 0.795. The fourth-order valence-corrected chi connectivity index (χ4v) is 3.20. The molecular weight excluding hydrogens is 362 g/mol. The molecule has 1 aromatic carbocycles. The van der Waals surface area contributed by atoms with Gasteiger partial charge < -0.3 is 14.8 Å². The maximum Gasteiger partial charge on any atom is 0.408 e. The molecule has 1 amide bonds. The van der Waals surface area contributed by atoms with E-state index in [1.165, 1.54) is 12.7 Å². The molecule has 0 radical (unpaired) electrons. The van der Waals surface area contributed by atoms with Crippen LogP contribution in [0.4, 0.5) is 4.79 Å². The molecule has 126 valence electrons. The van der Waals surface area contributed by atoms with Crippen LogP contribution in [0.25, 0.3) is 0 Å². The molecular formula is C17H22BrNO4. The first kappa shape index (κ1) is 17.8. The second-order valence-electron chi connectivity index (χ2n) is 6.79. The summed E-state index contributed by atoms with van der Waals surface area (Å²) in [7, 11) is 1.33.